The van der Waals surface area contributed by atoms with Crippen molar-refractivity contribution < 1.29 is 9.53 Å². The molecule has 1 heterocycles. The fourth-order valence-corrected chi connectivity index (χ4v) is 3.82. The standard InChI is InChI=1S/C22H23N3O2S/c1-4-14-24(15-5-2)21(26)16-28-22-23-19-8-6-7-9-20(19)25(22)17-10-12-18(27-3)13-11-17/h4-13H,1-2,14-16H2,3H3. The van der Waals surface area contributed by atoms with E-state index in [1.807, 2.05) is 48.5 Å². The van der Waals surface area contributed by atoms with Gasteiger partial charge in [-0.2, -0.15) is 0 Å². The van der Waals surface area contributed by atoms with Gasteiger partial charge < -0.3 is 9.64 Å². The molecule has 0 N–H and O–H groups in total. The summed E-state index contributed by atoms with van der Waals surface area (Å²) in [4.78, 5) is 19.1. The van der Waals surface area contributed by atoms with E-state index >= 15 is 0 Å². The third-order valence-electron chi connectivity index (χ3n) is 4.24. The summed E-state index contributed by atoms with van der Waals surface area (Å²) in [5.41, 5.74) is 2.86. The van der Waals surface area contributed by atoms with Crippen molar-refractivity contribution >= 4 is 28.7 Å². The maximum absolute atomic E-state index is 12.6. The molecule has 0 saturated heterocycles. The van der Waals surface area contributed by atoms with E-state index in [1.165, 1.54) is 11.8 Å². The lowest BCUT2D eigenvalue weighted by Crippen LogP contribution is -2.32. The van der Waals surface area contributed by atoms with E-state index in [1.54, 1.807) is 24.2 Å². The molecule has 0 fully saturated rings. The van der Waals surface area contributed by atoms with Crippen LogP contribution in [0.3, 0.4) is 0 Å². The molecular formula is C22H23N3O2S. The Morgan fingerprint density at radius 1 is 1.14 bits per heavy atom. The number of benzene rings is 2. The smallest absolute Gasteiger partial charge is 0.233 e. The van der Waals surface area contributed by atoms with Crippen molar-refractivity contribution in [3.05, 3.63) is 73.8 Å². The molecule has 1 amide bonds. The summed E-state index contributed by atoms with van der Waals surface area (Å²) in [5, 5.41) is 0.775. The highest BCUT2D eigenvalue weighted by molar-refractivity contribution is 7.99. The van der Waals surface area contributed by atoms with Gasteiger partial charge in [0.1, 0.15) is 5.75 Å². The number of carbonyl (C=O) groups is 1. The molecule has 0 bridgehead atoms. The minimum Gasteiger partial charge on any atom is -0.497 e. The van der Waals surface area contributed by atoms with E-state index < -0.39 is 0 Å². The van der Waals surface area contributed by atoms with Gasteiger partial charge in [0, 0.05) is 18.8 Å². The van der Waals surface area contributed by atoms with Crippen LogP contribution in [-0.4, -0.2) is 46.3 Å². The number of hydrogen-bond donors (Lipinski definition) is 0. The molecule has 6 heteroatoms. The summed E-state index contributed by atoms with van der Waals surface area (Å²) >= 11 is 1.43. The van der Waals surface area contributed by atoms with E-state index in [2.05, 4.69) is 17.7 Å². The van der Waals surface area contributed by atoms with Gasteiger partial charge in [0.15, 0.2) is 5.16 Å². The molecule has 0 aliphatic carbocycles. The van der Waals surface area contributed by atoms with Crippen LogP contribution in [0.25, 0.3) is 16.7 Å². The van der Waals surface area contributed by atoms with Gasteiger partial charge in [0.05, 0.1) is 23.9 Å². The number of amides is 1. The SMILES string of the molecule is C=CCN(CC=C)C(=O)CSc1nc2ccccc2n1-c1ccc(OC)cc1. The van der Waals surface area contributed by atoms with E-state index in [4.69, 9.17) is 9.72 Å². The van der Waals surface area contributed by atoms with Gasteiger partial charge in [-0.3, -0.25) is 9.36 Å². The molecule has 144 valence electrons. The molecule has 3 rings (SSSR count). The zero-order valence-electron chi connectivity index (χ0n) is 15.9. The number of carbonyl (C=O) groups excluding carboxylic acids is 1. The Balaban J connectivity index is 1.91. The molecular weight excluding hydrogens is 370 g/mol. The molecule has 3 aromatic rings. The van der Waals surface area contributed by atoms with Gasteiger partial charge in [-0.1, -0.05) is 36.0 Å². The lowest BCUT2D eigenvalue weighted by molar-refractivity contribution is -0.127. The predicted octanol–water partition coefficient (Wildman–Crippen LogP) is 4.33. The van der Waals surface area contributed by atoms with Crippen LogP contribution in [-0.2, 0) is 4.79 Å². The Kier molecular flexibility index (Phi) is 6.55. The van der Waals surface area contributed by atoms with Crippen molar-refractivity contribution in [2.75, 3.05) is 26.0 Å². The summed E-state index contributed by atoms with van der Waals surface area (Å²) in [7, 11) is 1.65. The number of imidazole rings is 1. The van der Waals surface area contributed by atoms with Crippen LogP contribution in [0.4, 0.5) is 0 Å². The molecule has 28 heavy (non-hydrogen) atoms. The molecule has 0 aliphatic rings. The van der Waals surface area contributed by atoms with Crippen molar-refractivity contribution in [2.45, 2.75) is 5.16 Å². The van der Waals surface area contributed by atoms with E-state index in [-0.39, 0.29) is 5.91 Å². The fourth-order valence-electron chi connectivity index (χ4n) is 2.89. The zero-order chi connectivity index (χ0) is 19.9. The minimum absolute atomic E-state index is 0.0261. The first kappa shape index (κ1) is 19.8. The molecule has 0 saturated carbocycles. The first-order valence-corrected chi connectivity index (χ1v) is 9.90. The first-order valence-electron chi connectivity index (χ1n) is 8.92. The fraction of sp³-hybridized carbons (Fsp3) is 0.182. The topological polar surface area (TPSA) is 47.4 Å². The number of hydrogen-bond acceptors (Lipinski definition) is 4. The zero-order valence-corrected chi connectivity index (χ0v) is 16.7. The second-order valence-corrected chi connectivity index (χ2v) is 7.02. The third-order valence-corrected chi connectivity index (χ3v) is 5.16. The largest absolute Gasteiger partial charge is 0.497 e. The number of fused-ring (bicyclic) bond motifs is 1. The first-order chi connectivity index (χ1) is 13.7. The molecule has 0 atom stereocenters. The second kappa shape index (κ2) is 9.28. The van der Waals surface area contributed by atoms with Crippen LogP contribution in [0, 0.1) is 0 Å². The molecule has 0 unspecified atom stereocenters. The average molecular weight is 394 g/mol. The van der Waals surface area contributed by atoms with E-state index in [0.717, 1.165) is 27.6 Å². The number of aromatic nitrogens is 2. The van der Waals surface area contributed by atoms with Gasteiger partial charge in [-0.15, -0.1) is 13.2 Å². The van der Waals surface area contributed by atoms with E-state index in [9.17, 15) is 4.79 Å². The van der Waals surface area contributed by atoms with Crippen molar-refractivity contribution in [3.8, 4) is 11.4 Å². The summed E-state index contributed by atoms with van der Waals surface area (Å²) in [6.45, 7) is 8.44. The molecule has 0 aliphatic heterocycles. The number of ether oxygens (including phenoxy) is 1. The summed E-state index contributed by atoms with van der Waals surface area (Å²) < 4.78 is 7.33. The van der Waals surface area contributed by atoms with Crippen LogP contribution in [0.5, 0.6) is 5.75 Å². The summed E-state index contributed by atoms with van der Waals surface area (Å²) in [6.07, 6.45) is 3.44. The van der Waals surface area contributed by atoms with Crippen molar-refractivity contribution in [3.63, 3.8) is 0 Å². The average Bonchev–Trinajstić information content (AvgIpc) is 3.10. The van der Waals surface area contributed by atoms with Gasteiger partial charge in [0.2, 0.25) is 5.91 Å². The van der Waals surface area contributed by atoms with Crippen molar-refractivity contribution in [1.82, 2.24) is 14.5 Å². The number of rotatable bonds is 9. The Morgan fingerprint density at radius 2 is 1.82 bits per heavy atom. The molecule has 0 radical (unpaired) electrons. The van der Waals surface area contributed by atoms with Crippen molar-refractivity contribution in [2.24, 2.45) is 0 Å². The normalized spacial score (nSPS) is 10.6. The lowest BCUT2D eigenvalue weighted by atomic mass is 10.2. The van der Waals surface area contributed by atoms with Crippen LogP contribution in [0.15, 0.2) is 79.0 Å². The molecule has 1 aromatic heterocycles. The van der Waals surface area contributed by atoms with Crippen LogP contribution in [0.2, 0.25) is 0 Å². The second-order valence-electron chi connectivity index (χ2n) is 6.08. The number of methoxy groups -OCH3 is 1. The number of thioether (sulfide) groups is 1. The monoisotopic (exact) mass is 393 g/mol. The third kappa shape index (κ3) is 4.28. The molecule has 5 nitrogen and oxygen atoms in total. The summed E-state index contributed by atoms with van der Waals surface area (Å²) in [6, 6.07) is 15.8. The Hall–Kier alpha value is -2.99. The minimum atomic E-state index is 0.0261. The highest BCUT2D eigenvalue weighted by Crippen LogP contribution is 2.29. The predicted molar refractivity (Wildman–Crippen MR) is 115 cm³/mol. The van der Waals surface area contributed by atoms with Crippen LogP contribution >= 0.6 is 11.8 Å². The highest BCUT2D eigenvalue weighted by atomic mass is 32.2. The molecule has 0 spiro atoms. The van der Waals surface area contributed by atoms with E-state index in [0.29, 0.717) is 18.8 Å². The summed E-state index contributed by atoms with van der Waals surface area (Å²) in [5.74, 6) is 1.11. The maximum atomic E-state index is 12.6. The van der Waals surface area contributed by atoms with Gasteiger partial charge >= 0.3 is 0 Å². The van der Waals surface area contributed by atoms with Crippen LogP contribution < -0.4 is 4.74 Å². The van der Waals surface area contributed by atoms with Gasteiger partial charge in [-0.25, -0.2) is 4.98 Å². The highest BCUT2D eigenvalue weighted by Gasteiger charge is 2.17. The van der Waals surface area contributed by atoms with Gasteiger partial charge in [0.25, 0.3) is 0 Å². The van der Waals surface area contributed by atoms with Gasteiger partial charge in [-0.05, 0) is 36.4 Å². The Labute approximate surface area is 169 Å². The quantitative estimate of drug-likeness (QED) is 0.401. The lowest BCUT2D eigenvalue weighted by Gasteiger charge is -2.19. The molecule has 2 aromatic carbocycles. The Morgan fingerprint density at radius 3 is 2.46 bits per heavy atom. The number of nitrogens with zero attached hydrogens (tertiary/aromatic N) is 3. The van der Waals surface area contributed by atoms with Crippen molar-refractivity contribution in [1.29, 1.82) is 0 Å². The van der Waals surface area contributed by atoms with Crippen LogP contribution in [0.1, 0.15) is 0 Å². The maximum Gasteiger partial charge on any atom is 0.233 e. The Bertz CT molecular complexity index is 969. The number of para-hydroxylation sites is 2.